The quantitative estimate of drug-likeness (QED) is 0.679. The van der Waals surface area contributed by atoms with Crippen LogP contribution in [0.5, 0.6) is 0 Å². The Morgan fingerprint density at radius 2 is 1.83 bits per heavy atom. The van der Waals surface area contributed by atoms with Gasteiger partial charge < -0.3 is 19.2 Å². The van der Waals surface area contributed by atoms with Gasteiger partial charge in [-0.2, -0.15) is 0 Å². The van der Waals surface area contributed by atoms with Crippen molar-refractivity contribution in [2.75, 3.05) is 39.5 Å². The number of hydrogen-bond donors (Lipinski definition) is 1. The van der Waals surface area contributed by atoms with Crippen molar-refractivity contribution < 1.29 is 14.3 Å². The zero-order valence-electron chi connectivity index (χ0n) is 18.9. The lowest BCUT2D eigenvalue weighted by molar-refractivity contribution is 0.0678. The predicted octanol–water partition coefficient (Wildman–Crippen LogP) is 4.49. The second kappa shape index (κ2) is 8.45. The summed E-state index contributed by atoms with van der Waals surface area (Å²) in [6, 6.07) is 6.75. The standard InChI is InChI=1S/C25H36N2O3/c1-24(2)17-25(3,4)21-15-19(5-6-20(21)24)23-26-22(16-30-23)18-7-9-27(10-8-18)11-13-29-14-12-28/h5-6,15-16,18,28H,7-14,17H2,1-4H3. The van der Waals surface area contributed by atoms with E-state index in [4.69, 9.17) is 19.2 Å². The molecule has 5 heteroatoms. The molecule has 4 rings (SSSR count). The van der Waals surface area contributed by atoms with Crippen molar-refractivity contribution in [1.29, 1.82) is 0 Å². The number of fused-ring (bicyclic) bond motifs is 1. The molecule has 0 saturated carbocycles. The van der Waals surface area contributed by atoms with E-state index in [1.165, 1.54) is 17.5 Å². The number of hydrogen-bond acceptors (Lipinski definition) is 5. The highest BCUT2D eigenvalue weighted by atomic mass is 16.5. The van der Waals surface area contributed by atoms with Gasteiger partial charge in [-0.15, -0.1) is 0 Å². The third-order valence-corrected chi connectivity index (χ3v) is 6.92. The van der Waals surface area contributed by atoms with Crippen LogP contribution >= 0.6 is 0 Å². The summed E-state index contributed by atoms with van der Waals surface area (Å²) in [5.41, 5.74) is 5.46. The van der Waals surface area contributed by atoms with Crippen LogP contribution in [0.1, 0.15) is 69.7 Å². The molecule has 0 unspecified atom stereocenters. The van der Waals surface area contributed by atoms with Crippen LogP contribution in [0.25, 0.3) is 11.5 Å². The lowest BCUT2D eigenvalue weighted by Crippen LogP contribution is -2.35. The summed E-state index contributed by atoms with van der Waals surface area (Å²) >= 11 is 0. The molecular formula is C25H36N2O3. The van der Waals surface area contributed by atoms with E-state index in [0.717, 1.165) is 49.6 Å². The van der Waals surface area contributed by atoms with Gasteiger partial charge in [-0.3, -0.25) is 0 Å². The third kappa shape index (κ3) is 4.34. The van der Waals surface area contributed by atoms with Crippen molar-refractivity contribution in [3.8, 4) is 11.5 Å². The van der Waals surface area contributed by atoms with Gasteiger partial charge in [0, 0.05) is 18.0 Å². The molecule has 1 aromatic carbocycles. The molecule has 2 heterocycles. The second-order valence-corrected chi connectivity index (χ2v) is 10.2. The van der Waals surface area contributed by atoms with Gasteiger partial charge in [-0.1, -0.05) is 33.8 Å². The molecule has 0 atom stereocenters. The van der Waals surface area contributed by atoms with Crippen molar-refractivity contribution in [3.63, 3.8) is 0 Å². The van der Waals surface area contributed by atoms with Crippen molar-refractivity contribution in [1.82, 2.24) is 9.88 Å². The van der Waals surface area contributed by atoms with E-state index >= 15 is 0 Å². The fraction of sp³-hybridized carbons (Fsp3) is 0.640. The van der Waals surface area contributed by atoms with Crippen LogP contribution in [0.4, 0.5) is 0 Å². The number of aliphatic hydroxyl groups excluding tert-OH is 1. The fourth-order valence-corrected chi connectivity index (χ4v) is 5.54. The number of ether oxygens (including phenoxy) is 1. The van der Waals surface area contributed by atoms with Crippen molar-refractivity contribution >= 4 is 0 Å². The summed E-state index contributed by atoms with van der Waals surface area (Å²) in [7, 11) is 0. The number of rotatable bonds is 7. The molecule has 30 heavy (non-hydrogen) atoms. The van der Waals surface area contributed by atoms with Crippen LogP contribution in [-0.2, 0) is 15.6 Å². The molecule has 0 radical (unpaired) electrons. The highest BCUT2D eigenvalue weighted by Gasteiger charge is 2.41. The molecule has 5 nitrogen and oxygen atoms in total. The number of aliphatic hydroxyl groups is 1. The molecule has 1 saturated heterocycles. The van der Waals surface area contributed by atoms with Crippen molar-refractivity contribution in [2.45, 2.75) is 63.7 Å². The maximum Gasteiger partial charge on any atom is 0.226 e. The number of nitrogens with zero attached hydrogens (tertiary/aromatic N) is 2. The van der Waals surface area contributed by atoms with Gasteiger partial charge in [0.2, 0.25) is 5.89 Å². The topological polar surface area (TPSA) is 58.7 Å². The Labute approximate surface area is 180 Å². The lowest BCUT2D eigenvalue weighted by atomic mass is 9.82. The van der Waals surface area contributed by atoms with Gasteiger partial charge in [-0.25, -0.2) is 4.98 Å². The van der Waals surface area contributed by atoms with E-state index in [1.54, 1.807) is 0 Å². The highest BCUT2D eigenvalue weighted by Crippen LogP contribution is 2.50. The predicted molar refractivity (Wildman–Crippen MR) is 119 cm³/mol. The van der Waals surface area contributed by atoms with E-state index in [-0.39, 0.29) is 17.4 Å². The van der Waals surface area contributed by atoms with E-state index in [1.807, 2.05) is 6.26 Å². The number of aromatic nitrogens is 1. The Balaban J connectivity index is 1.41. The molecule has 1 aliphatic carbocycles. The van der Waals surface area contributed by atoms with E-state index in [0.29, 0.717) is 19.1 Å². The largest absolute Gasteiger partial charge is 0.444 e. The van der Waals surface area contributed by atoms with Gasteiger partial charge in [0.15, 0.2) is 0 Å². The van der Waals surface area contributed by atoms with Gasteiger partial charge >= 0.3 is 0 Å². The minimum Gasteiger partial charge on any atom is -0.444 e. The Morgan fingerprint density at radius 1 is 1.10 bits per heavy atom. The van der Waals surface area contributed by atoms with E-state index < -0.39 is 0 Å². The molecule has 2 aromatic rings. The van der Waals surface area contributed by atoms with Gasteiger partial charge in [0.05, 0.1) is 25.5 Å². The Kier molecular flexibility index (Phi) is 6.06. The average Bonchev–Trinajstić information content (AvgIpc) is 3.27. The van der Waals surface area contributed by atoms with Crippen LogP contribution in [0.3, 0.4) is 0 Å². The summed E-state index contributed by atoms with van der Waals surface area (Å²) in [5, 5.41) is 8.79. The van der Waals surface area contributed by atoms with E-state index in [2.05, 4.69) is 50.8 Å². The minimum atomic E-state index is 0.0933. The normalized spacial score (nSPS) is 21.1. The average molecular weight is 413 g/mol. The fourth-order valence-electron chi connectivity index (χ4n) is 5.54. The molecule has 0 bridgehead atoms. The van der Waals surface area contributed by atoms with E-state index in [9.17, 15) is 0 Å². The Hall–Kier alpha value is -1.69. The first-order chi connectivity index (χ1) is 14.3. The molecule has 1 aliphatic heterocycles. The third-order valence-electron chi connectivity index (χ3n) is 6.92. The summed E-state index contributed by atoms with van der Waals surface area (Å²) < 4.78 is 11.3. The summed E-state index contributed by atoms with van der Waals surface area (Å²) in [6.45, 7) is 13.6. The zero-order valence-corrected chi connectivity index (χ0v) is 18.9. The van der Waals surface area contributed by atoms with Gasteiger partial charge in [-0.05, 0) is 66.4 Å². The lowest BCUT2D eigenvalue weighted by Gasteiger charge is -2.30. The van der Waals surface area contributed by atoms with Crippen LogP contribution in [-0.4, -0.2) is 54.4 Å². The second-order valence-electron chi connectivity index (χ2n) is 10.2. The molecule has 0 amide bonds. The first-order valence-corrected chi connectivity index (χ1v) is 11.3. The Bertz CT molecular complexity index is 863. The monoisotopic (exact) mass is 412 g/mol. The minimum absolute atomic E-state index is 0.0933. The summed E-state index contributed by atoms with van der Waals surface area (Å²) in [6.07, 6.45) is 5.22. The first-order valence-electron chi connectivity index (χ1n) is 11.3. The van der Waals surface area contributed by atoms with Crippen molar-refractivity contribution in [2.24, 2.45) is 0 Å². The maximum atomic E-state index is 8.79. The molecule has 1 fully saturated rings. The maximum absolute atomic E-state index is 8.79. The van der Waals surface area contributed by atoms with Gasteiger partial charge in [0.1, 0.15) is 6.26 Å². The smallest absolute Gasteiger partial charge is 0.226 e. The number of oxazole rings is 1. The van der Waals surface area contributed by atoms with Crippen LogP contribution < -0.4 is 0 Å². The van der Waals surface area contributed by atoms with Crippen LogP contribution in [0.15, 0.2) is 28.9 Å². The van der Waals surface area contributed by atoms with Crippen LogP contribution in [0, 0.1) is 0 Å². The molecule has 0 spiro atoms. The summed E-state index contributed by atoms with van der Waals surface area (Å²) in [4.78, 5) is 7.32. The molecule has 2 aliphatic rings. The highest BCUT2D eigenvalue weighted by molar-refractivity contribution is 5.60. The number of benzene rings is 1. The Morgan fingerprint density at radius 3 is 2.57 bits per heavy atom. The number of likely N-dealkylation sites (tertiary alicyclic amines) is 1. The first kappa shape index (κ1) is 21.5. The molecular weight excluding hydrogens is 376 g/mol. The van der Waals surface area contributed by atoms with Gasteiger partial charge in [0.25, 0.3) is 0 Å². The number of piperidine rings is 1. The molecule has 164 valence electrons. The summed E-state index contributed by atoms with van der Waals surface area (Å²) in [5.74, 6) is 1.20. The SMILES string of the molecule is CC1(C)CC(C)(C)c2cc(-c3nc(C4CCN(CCOCCO)CC4)co3)ccc21. The van der Waals surface area contributed by atoms with Crippen molar-refractivity contribution in [3.05, 3.63) is 41.3 Å². The zero-order chi connectivity index (χ0) is 21.4. The van der Waals surface area contributed by atoms with Crippen LogP contribution in [0.2, 0.25) is 0 Å². The molecule has 1 aromatic heterocycles. The molecule has 1 N–H and O–H groups in total.